The Morgan fingerprint density at radius 3 is 2.52 bits per heavy atom. The summed E-state index contributed by atoms with van der Waals surface area (Å²) in [7, 11) is 0. The van der Waals surface area contributed by atoms with Crippen LogP contribution < -0.4 is 0 Å². The zero-order chi connectivity index (χ0) is 16.2. The van der Waals surface area contributed by atoms with E-state index in [1.54, 1.807) is 6.21 Å². The van der Waals surface area contributed by atoms with Crippen LogP contribution in [0.2, 0.25) is 0 Å². The molecule has 0 radical (unpaired) electrons. The summed E-state index contributed by atoms with van der Waals surface area (Å²) in [6.07, 6.45) is 4.00. The van der Waals surface area contributed by atoms with Crippen LogP contribution in [0.4, 0.5) is 13.2 Å². The lowest BCUT2D eigenvalue weighted by atomic mass is 9.68. The highest BCUT2D eigenvalue weighted by Crippen LogP contribution is 2.63. The largest absolute Gasteiger partial charge is 0.272 e. The topological polar surface area (TPSA) is 32.7 Å². The van der Waals surface area contributed by atoms with Crippen molar-refractivity contribution in [3.05, 3.63) is 35.4 Å². The van der Waals surface area contributed by atoms with Crippen LogP contribution in [-0.2, 0) is 4.79 Å². The number of halogens is 3. The maximum absolute atomic E-state index is 13.5. The number of amides is 1. The van der Waals surface area contributed by atoms with Gasteiger partial charge in [-0.1, -0.05) is 0 Å². The van der Waals surface area contributed by atoms with Crippen molar-refractivity contribution in [2.45, 2.75) is 31.7 Å². The van der Waals surface area contributed by atoms with Crippen molar-refractivity contribution in [1.82, 2.24) is 5.01 Å². The second-order valence-corrected chi connectivity index (χ2v) is 6.97. The number of carbonyl (C=O) groups excluding carboxylic acids is 1. The lowest BCUT2D eigenvalue weighted by Gasteiger charge is -2.40. The monoisotopic (exact) mass is 322 g/mol. The molecule has 0 N–H and O–H groups in total. The molecule has 1 heterocycles. The quantitative estimate of drug-likeness (QED) is 0.837. The van der Waals surface area contributed by atoms with Gasteiger partial charge >= 0.3 is 0 Å². The molecule has 1 amide bonds. The first kappa shape index (κ1) is 14.7. The van der Waals surface area contributed by atoms with Gasteiger partial charge in [0, 0.05) is 18.7 Å². The van der Waals surface area contributed by atoms with Gasteiger partial charge in [0.2, 0.25) is 5.91 Å². The van der Waals surface area contributed by atoms with Gasteiger partial charge in [-0.25, -0.2) is 13.8 Å². The Bertz CT molecular complexity index is 664. The number of hydrogen-bond donors (Lipinski definition) is 0. The third kappa shape index (κ3) is 2.18. The number of carbonyl (C=O) groups is 1. The van der Waals surface area contributed by atoms with Gasteiger partial charge < -0.3 is 0 Å². The lowest BCUT2D eigenvalue weighted by Crippen LogP contribution is -2.44. The molecular weight excluding hydrogens is 305 g/mol. The summed E-state index contributed by atoms with van der Waals surface area (Å²) >= 11 is 0. The molecule has 3 aliphatic carbocycles. The van der Waals surface area contributed by atoms with E-state index in [1.807, 2.05) is 0 Å². The maximum atomic E-state index is 13.5. The van der Waals surface area contributed by atoms with Gasteiger partial charge in [0.1, 0.15) is 11.6 Å². The number of benzene rings is 1. The fourth-order valence-electron chi connectivity index (χ4n) is 4.45. The average Bonchev–Trinajstić information content (AvgIpc) is 3.17. The zero-order valence-corrected chi connectivity index (χ0v) is 12.5. The van der Waals surface area contributed by atoms with Gasteiger partial charge in [0.05, 0.1) is 18.1 Å². The van der Waals surface area contributed by atoms with Gasteiger partial charge in [0.15, 0.2) is 0 Å². The minimum atomic E-state index is -0.667. The minimum absolute atomic E-state index is 0.0319. The molecule has 5 rings (SSSR count). The third-order valence-corrected chi connectivity index (χ3v) is 5.58. The Morgan fingerprint density at radius 1 is 1.22 bits per heavy atom. The highest BCUT2D eigenvalue weighted by Gasteiger charge is 2.61. The summed E-state index contributed by atoms with van der Waals surface area (Å²) < 4.78 is 39.9. The standard InChI is InChI=1S/C17H17F3N2O/c18-9-12-8-17(6-11(12)7-17)16(23)22-15(1-2-21-22)10-3-13(19)5-14(20)4-10/h2-5,11-12,15H,1,6-9H2. The highest BCUT2D eigenvalue weighted by atomic mass is 19.1. The first-order chi connectivity index (χ1) is 11.0. The zero-order valence-electron chi connectivity index (χ0n) is 12.5. The molecule has 6 heteroatoms. The van der Waals surface area contributed by atoms with Gasteiger partial charge in [-0.15, -0.1) is 0 Å². The number of fused-ring (bicyclic) bond motifs is 1. The van der Waals surface area contributed by atoms with E-state index in [9.17, 15) is 18.0 Å². The van der Waals surface area contributed by atoms with E-state index >= 15 is 0 Å². The number of rotatable bonds is 3. The number of hydrogen-bond acceptors (Lipinski definition) is 2. The summed E-state index contributed by atoms with van der Waals surface area (Å²) in [5.41, 5.74) is -0.117. The van der Waals surface area contributed by atoms with Crippen LogP contribution in [0.25, 0.3) is 0 Å². The van der Waals surface area contributed by atoms with Crippen LogP contribution in [0.15, 0.2) is 23.3 Å². The number of hydrazone groups is 1. The van der Waals surface area contributed by atoms with Gasteiger partial charge in [-0.05, 0) is 48.8 Å². The molecule has 0 spiro atoms. The van der Waals surface area contributed by atoms with E-state index in [2.05, 4.69) is 5.10 Å². The summed E-state index contributed by atoms with van der Waals surface area (Å²) in [4.78, 5) is 12.9. The molecule has 1 aliphatic heterocycles. The Kier molecular flexibility index (Phi) is 3.25. The normalized spacial score (nSPS) is 34.7. The fourth-order valence-corrected chi connectivity index (χ4v) is 4.45. The van der Waals surface area contributed by atoms with E-state index < -0.39 is 23.1 Å². The molecule has 3 fully saturated rings. The maximum Gasteiger partial charge on any atom is 0.249 e. The first-order valence-electron chi connectivity index (χ1n) is 7.90. The summed E-state index contributed by atoms with van der Waals surface area (Å²) in [5, 5.41) is 5.49. The summed E-state index contributed by atoms with van der Waals surface area (Å²) in [6, 6.07) is 2.81. The van der Waals surface area contributed by atoms with Crippen LogP contribution in [-0.4, -0.2) is 23.8 Å². The summed E-state index contributed by atoms with van der Waals surface area (Å²) in [6.45, 7) is -0.387. The minimum Gasteiger partial charge on any atom is -0.272 e. The Labute approximate surface area is 132 Å². The van der Waals surface area contributed by atoms with E-state index in [0.29, 0.717) is 37.2 Å². The fraction of sp³-hybridized carbons (Fsp3) is 0.529. The van der Waals surface area contributed by atoms with E-state index in [4.69, 9.17) is 0 Å². The van der Waals surface area contributed by atoms with Crippen molar-refractivity contribution in [3.63, 3.8) is 0 Å². The van der Waals surface area contributed by atoms with Crippen molar-refractivity contribution in [3.8, 4) is 0 Å². The van der Waals surface area contributed by atoms with Crippen LogP contribution in [0.3, 0.4) is 0 Å². The van der Waals surface area contributed by atoms with Crippen molar-refractivity contribution < 1.29 is 18.0 Å². The van der Waals surface area contributed by atoms with Crippen molar-refractivity contribution in [2.75, 3.05) is 6.67 Å². The molecule has 23 heavy (non-hydrogen) atoms. The molecule has 2 unspecified atom stereocenters. The Balaban J connectivity index is 1.59. The molecule has 1 aromatic rings. The van der Waals surface area contributed by atoms with Gasteiger partial charge in [0.25, 0.3) is 0 Å². The molecule has 0 saturated heterocycles. The summed E-state index contributed by atoms with van der Waals surface area (Å²) in [5.74, 6) is -1.21. The molecule has 4 aliphatic rings. The predicted molar refractivity (Wildman–Crippen MR) is 78.3 cm³/mol. The highest BCUT2D eigenvalue weighted by molar-refractivity contribution is 5.86. The van der Waals surface area contributed by atoms with Gasteiger partial charge in [-0.2, -0.15) is 5.10 Å². The lowest BCUT2D eigenvalue weighted by molar-refractivity contribution is -0.148. The SMILES string of the molecule is O=C(N1N=CCC1c1cc(F)cc(F)c1)C12CC(CF)C(C1)C2. The number of nitrogens with zero attached hydrogens (tertiary/aromatic N) is 2. The van der Waals surface area contributed by atoms with Crippen LogP contribution in [0.1, 0.15) is 37.3 Å². The molecule has 1 aromatic carbocycles. The van der Waals surface area contributed by atoms with Crippen molar-refractivity contribution in [1.29, 1.82) is 0 Å². The average molecular weight is 322 g/mol. The molecular formula is C17H17F3N2O. The predicted octanol–water partition coefficient (Wildman–Crippen LogP) is 3.61. The molecule has 3 saturated carbocycles. The third-order valence-electron chi connectivity index (χ3n) is 5.58. The Morgan fingerprint density at radius 2 is 1.91 bits per heavy atom. The molecule has 2 atom stereocenters. The van der Waals surface area contributed by atoms with E-state index in [0.717, 1.165) is 6.07 Å². The van der Waals surface area contributed by atoms with Gasteiger partial charge in [-0.3, -0.25) is 9.18 Å². The van der Waals surface area contributed by atoms with Crippen molar-refractivity contribution in [2.24, 2.45) is 22.4 Å². The second kappa shape index (κ2) is 5.08. The molecule has 2 bridgehead atoms. The van der Waals surface area contributed by atoms with Crippen LogP contribution in [0, 0.1) is 28.9 Å². The Hall–Kier alpha value is -1.85. The van der Waals surface area contributed by atoms with Crippen LogP contribution in [0.5, 0.6) is 0 Å². The van der Waals surface area contributed by atoms with E-state index in [1.165, 1.54) is 17.1 Å². The first-order valence-corrected chi connectivity index (χ1v) is 7.90. The second-order valence-electron chi connectivity index (χ2n) is 6.97. The molecule has 3 nitrogen and oxygen atoms in total. The number of alkyl halides is 1. The molecule has 122 valence electrons. The smallest absolute Gasteiger partial charge is 0.249 e. The van der Waals surface area contributed by atoms with Crippen LogP contribution >= 0.6 is 0 Å². The van der Waals surface area contributed by atoms with E-state index in [-0.39, 0.29) is 18.5 Å². The molecule has 0 aromatic heterocycles. The van der Waals surface area contributed by atoms with Crippen molar-refractivity contribution >= 4 is 12.1 Å².